The van der Waals surface area contributed by atoms with Gasteiger partial charge in [-0.3, -0.25) is 4.79 Å². The molecule has 0 saturated carbocycles. The van der Waals surface area contributed by atoms with Crippen molar-refractivity contribution < 1.29 is 4.79 Å². The number of anilines is 3. The molecule has 3 rings (SSSR count). The van der Waals surface area contributed by atoms with Crippen LogP contribution in [0.5, 0.6) is 0 Å². The predicted octanol–water partition coefficient (Wildman–Crippen LogP) is 5.01. The molecule has 0 fully saturated rings. The molecular formula is C22H24N4O. The van der Waals surface area contributed by atoms with Gasteiger partial charge in [-0.25, -0.2) is 9.97 Å². The van der Waals surface area contributed by atoms with Crippen molar-refractivity contribution in [1.82, 2.24) is 9.97 Å². The Morgan fingerprint density at radius 3 is 2.30 bits per heavy atom. The van der Waals surface area contributed by atoms with Gasteiger partial charge in [-0.2, -0.15) is 0 Å². The number of aromatic nitrogens is 2. The van der Waals surface area contributed by atoms with Crippen molar-refractivity contribution >= 4 is 23.2 Å². The van der Waals surface area contributed by atoms with Crippen LogP contribution in [0.15, 0.2) is 42.5 Å². The first kappa shape index (κ1) is 18.6. The summed E-state index contributed by atoms with van der Waals surface area (Å²) in [5.41, 5.74) is 7.25. The third-order valence-electron chi connectivity index (χ3n) is 4.42. The SMILES string of the molecule is Cc1cc(C)cc(NC(=O)c2cc(C)nc(Nc3cccc(C)c3C)n2)c1. The summed E-state index contributed by atoms with van der Waals surface area (Å²) in [6, 6.07) is 13.6. The number of carbonyl (C=O) groups excluding carboxylic acids is 1. The largest absolute Gasteiger partial charge is 0.324 e. The molecule has 0 atom stereocenters. The van der Waals surface area contributed by atoms with Gasteiger partial charge in [0.15, 0.2) is 0 Å². The van der Waals surface area contributed by atoms with Crippen LogP contribution in [0, 0.1) is 34.6 Å². The molecule has 2 aromatic carbocycles. The highest BCUT2D eigenvalue weighted by Gasteiger charge is 2.12. The zero-order valence-electron chi connectivity index (χ0n) is 16.3. The van der Waals surface area contributed by atoms with E-state index in [2.05, 4.69) is 39.7 Å². The molecule has 27 heavy (non-hydrogen) atoms. The number of aryl methyl sites for hydroxylation is 4. The quantitative estimate of drug-likeness (QED) is 0.686. The molecule has 3 aromatic rings. The van der Waals surface area contributed by atoms with Crippen LogP contribution in [-0.2, 0) is 0 Å². The third-order valence-corrected chi connectivity index (χ3v) is 4.42. The molecule has 0 aliphatic heterocycles. The van der Waals surface area contributed by atoms with E-state index in [0.29, 0.717) is 11.6 Å². The standard InChI is InChI=1S/C22H24N4O/c1-13-9-14(2)11-18(10-13)24-21(27)20-12-16(4)23-22(26-20)25-19-8-6-7-15(3)17(19)5/h6-12H,1-5H3,(H,24,27)(H,23,25,26). The van der Waals surface area contributed by atoms with Crippen molar-refractivity contribution in [2.45, 2.75) is 34.6 Å². The first-order chi connectivity index (χ1) is 12.8. The zero-order chi connectivity index (χ0) is 19.6. The second-order valence-electron chi connectivity index (χ2n) is 6.92. The van der Waals surface area contributed by atoms with Gasteiger partial charge in [0.05, 0.1) is 0 Å². The number of carbonyl (C=O) groups is 1. The van der Waals surface area contributed by atoms with Crippen LogP contribution in [0.3, 0.4) is 0 Å². The number of hydrogen-bond acceptors (Lipinski definition) is 4. The molecule has 0 spiro atoms. The summed E-state index contributed by atoms with van der Waals surface area (Å²) in [7, 11) is 0. The minimum Gasteiger partial charge on any atom is -0.324 e. The van der Waals surface area contributed by atoms with Gasteiger partial charge in [0.2, 0.25) is 5.95 Å². The highest BCUT2D eigenvalue weighted by atomic mass is 16.1. The summed E-state index contributed by atoms with van der Waals surface area (Å²) in [4.78, 5) is 21.5. The molecule has 2 N–H and O–H groups in total. The number of rotatable bonds is 4. The molecular weight excluding hydrogens is 336 g/mol. The molecule has 0 saturated heterocycles. The van der Waals surface area contributed by atoms with Crippen molar-refractivity contribution in [2.24, 2.45) is 0 Å². The molecule has 0 radical (unpaired) electrons. The van der Waals surface area contributed by atoms with Crippen molar-refractivity contribution in [2.75, 3.05) is 10.6 Å². The third kappa shape index (κ3) is 4.50. The van der Waals surface area contributed by atoms with E-state index in [0.717, 1.165) is 33.8 Å². The molecule has 1 aromatic heterocycles. The summed E-state index contributed by atoms with van der Waals surface area (Å²) < 4.78 is 0. The highest BCUT2D eigenvalue weighted by molar-refractivity contribution is 6.03. The van der Waals surface area contributed by atoms with Crippen molar-refractivity contribution in [3.8, 4) is 0 Å². The Labute approximate surface area is 159 Å². The summed E-state index contributed by atoms with van der Waals surface area (Å²) in [6.07, 6.45) is 0. The van der Waals surface area contributed by atoms with Crippen molar-refractivity contribution in [3.63, 3.8) is 0 Å². The van der Waals surface area contributed by atoms with Crippen LogP contribution in [0.1, 0.15) is 38.4 Å². The fourth-order valence-electron chi connectivity index (χ4n) is 2.99. The Morgan fingerprint density at radius 1 is 0.889 bits per heavy atom. The van der Waals surface area contributed by atoms with Crippen molar-refractivity contribution in [3.05, 3.63) is 76.1 Å². The molecule has 0 bridgehead atoms. The van der Waals surface area contributed by atoms with Crippen LogP contribution in [0.4, 0.5) is 17.3 Å². The number of hydrogen-bond donors (Lipinski definition) is 2. The van der Waals surface area contributed by atoms with Gasteiger partial charge < -0.3 is 10.6 Å². The van der Waals surface area contributed by atoms with E-state index in [-0.39, 0.29) is 5.91 Å². The Balaban J connectivity index is 1.86. The Morgan fingerprint density at radius 2 is 1.59 bits per heavy atom. The minimum atomic E-state index is -0.255. The molecule has 5 heteroatoms. The average molecular weight is 360 g/mol. The lowest BCUT2D eigenvalue weighted by atomic mass is 10.1. The van der Waals surface area contributed by atoms with E-state index >= 15 is 0 Å². The summed E-state index contributed by atoms with van der Waals surface area (Å²) >= 11 is 0. The van der Waals surface area contributed by atoms with Gasteiger partial charge in [-0.15, -0.1) is 0 Å². The van der Waals surface area contributed by atoms with E-state index in [4.69, 9.17) is 0 Å². The van der Waals surface area contributed by atoms with Gasteiger partial charge in [-0.05, 0) is 81.1 Å². The van der Waals surface area contributed by atoms with Crippen LogP contribution in [-0.4, -0.2) is 15.9 Å². The van der Waals surface area contributed by atoms with E-state index in [1.807, 2.05) is 52.0 Å². The lowest BCUT2D eigenvalue weighted by Crippen LogP contribution is -2.16. The highest BCUT2D eigenvalue weighted by Crippen LogP contribution is 2.21. The normalized spacial score (nSPS) is 10.6. The molecule has 0 aliphatic carbocycles. The number of nitrogens with one attached hydrogen (secondary N) is 2. The van der Waals surface area contributed by atoms with Gasteiger partial charge in [0.25, 0.3) is 5.91 Å². The summed E-state index contributed by atoms with van der Waals surface area (Å²) in [6.45, 7) is 9.96. The summed E-state index contributed by atoms with van der Waals surface area (Å²) in [5, 5.41) is 6.15. The Kier molecular flexibility index (Phi) is 5.21. The lowest BCUT2D eigenvalue weighted by Gasteiger charge is -2.12. The first-order valence-corrected chi connectivity index (χ1v) is 8.90. The van der Waals surface area contributed by atoms with E-state index in [1.165, 1.54) is 5.56 Å². The fraction of sp³-hybridized carbons (Fsp3) is 0.227. The van der Waals surface area contributed by atoms with Gasteiger partial charge in [0, 0.05) is 17.1 Å². The fourth-order valence-corrected chi connectivity index (χ4v) is 2.99. The maximum absolute atomic E-state index is 12.7. The van der Waals surface area contributed by atoms with E-state index in [9.17, 15) is 4.79 Å². The number of nitrogens with zero attached hydrogens (tertiary/aromatic N) is 2. The topological polar surface area (TPSA) is 66.9 Å². The molecule has 0 aliphatic rings. The maximum Gasteiger partial charge on any atom is 0.274 e. The first-order valence-electron chi connectivity index (χ1n) is 8.90. The van der Waals surface area contributed by atoms with Crippen LogP contribution in [0.2, 0.25) is 0 Å². The van der Waals surface area contributed by atoms with E-state index in [1.54, 1.807) is 6.07 Å². The molecule has 138 valence electrons. The van der Waals surface area contributed by atoms with E-state index < -0.39 is 0 Å². The second-order valence-corrected chi connectivity index (χ2v) is 6.92. The molecule has 0 unspecified atom stereocenters. The Bertz CT molecular complexity index is 991. The molecule has 5 nitrogen and oxygen atoms in total. The van der Waals surface area contributed by atoms with Crippen LogP contribution < -0.4 is 10.6 Å². The predicted molar refractivity (Wildman–Crippen MR) is 110 cm³/mol. The number of benzene rings is 2. The summed E-state index contributed by atoms with van der Waals surface area (Å²) in [5.74, 6) is 0.156. The molecule has 1 heterocycles. The lowest BCUT2D eigenvalue weighted by molar-refractivity contribution is 0.102. The average Bonchev–Trinajstić information content (AvgIpc) is 2.57. The van der Waals surface area contributed by atoms with Crippen LogP contribution in [0.25, 0.3) is 0 Å². The second kappa shape index (κ2) is 7.58. The Hall–Kier alpha value is -3.21. The minimum absolute atomic E-state index is 0.255. The number of amides is 1. The monoisotopic (exact) mass is 360 g/mol. The van der Waals surface area contributed by atoms with Gasteiger partial charge in [-0.1, -0.05) is 18.2 Å². The van der Waals surface area contributed by atoms with Crippen molar-refractivity contribution in [1.29, 1.82) is 0 Å². The maximum atomic E-state index is 12.7. The zero-order valence-corrected chi connectivity index (χ0v) is 16.3. The molecule has 1 amide bonds. The van der Waals surface area contributed by atoms with Gasteiger partial charge >= 0.3 is 0 Å². The van der Waals surface area contributed by atoms with Gasteiger partial charge in [0.1, 0.15) is 5.69 Å². The smallest absolute Gasteiger partial charge is 0.274 e. The van der Waals surface area contributed by atoms with Crippen LogP contribution >= 0.6 is 0 Å².